The van der Waals surface area contributed by atoms with Crippen molar-refractivity contribution in [3.05, 3.63) is 19.2 Å². The van der Waals surface area contributed by atoms with Gasteiger partial charge >= 0.3 is 0 Å². The fraction of sp³-hybridized carbons (Fsp3) is 0.615. The predicted molar refractivity (Wildman–Crippen MR) is 83.2 cm³/mol. The molecule has 1 amide bonds. The first-order chi connectivity index (χ1) is 8.37. The summed E-state index contributed by atoms with van der Waals surface area (Å²) >= 11 is 8.30. The van der Waals surface area contributed by atoms with E-state index in [0.717, 1.165) is 26.0 Å². The van der Waals surface area contributed by atoms with Crippen LogP contribution in [0.25, 0.3) is 0 Å². The maximum absolute atomic E-state index is 12.1. The molecule has 1 atom stereocenters. The molecule has 0 aromatic carbocycles. The number of thiophene rings is 1. The van der Waals surface area contributed by atoms with Crippen LogP contribution in [0.5, 0.6) is 0 Å². The van der Waals surface area contributed by atoms with Crippen molar-refractivity contribution in [2.75, 3.05) is 0 Å². The van der Waals surface area contributed by atoms with Crippen molar-refractivity contribution in [3.8, 4) is 0 Å². The molecule has 0 spiro atoms. The zero-order valence-corrected chi connectivity index (χ0v) is 14.5. The summed E-state index contributed by atoms with van der Waals surface area (Å²) in [6, 6.07) is 2.19. The molecular weight excluding hydrogens is 378 g/mol. The molecule has 1 fully saturated rings. The SMILES string of the molecule is CC1(C)CCCC(NC(=O)c2cc(Br)c(Br)s2)C1. The Morgan fingerprint density at radius 1 is 1.50 bits per heavy atom. The van der Waals surface area contributed by atoms with Gasteiger partial charge in [0.15, 0.2) is 0 Å². The molecule has 1 saturated carbocycles. The van der Waals surface area contributed by atoms with Gasteiger partial charge in [-0.25, -0.2) is 0 Å². The fourth-order valence-electron chi connectivity index (χ4n) is 2.54. The van der Waals surface area contributed by atoms with E-state index in [1.807, 2.05) is 6.07 Å². The third-order valence-electron chi connectivity index (χ3n) is 3.41. The van der Waals surface area contributed by atoms with Crippen LogP contribution in [0.3, 0.4) is 0 Å². The molecule has 0 bridgehead atoms. The van der Waals surface area contributed by atoms with Crippen LogP contribution in [-0.4, -0.2) is 11.9 Å². The van der Waals surface area contributed by atoms with E-state index in [4.69, 9.17) is 0 Å². The number of halogens is 2. The molecule has 2 nitrogen and oxygen atoms in total. The largest absolute Gasteiger partial charge is 0.349 e. The smallest absolute Gasteiger partial charge is 0.261 e. The number of rotatable bonds is 2. The number of carbonyl (C=O) groups excluding carboxylic acids is 1. The second-order valence-corrected chi connectivity index (χ2v) is 8.89. The lowest BCUT2D eigenvalue weighted by Gasteiger charge is -2.35. The van der Waals surface area contributed by atoms with Crippen molar-refractivity contribution >= 4 is 49.1 Å². The van der Waals surface area contributed by atoms with Gasteiger partial charge in [0.25, 0.3) is 5.91 Å². The average Bonchev–Trinajstić information content (AvgIpc) is 2.58. The third-order valence-corrected chi connectivity index (χ3v) is 6.66. The normalized spacial score (nSPS) is 22.8. The minimum absolute atomic E-state index is 0.0501. The lowest BCUT2D eigenvalue weighted by atomic mass is 9.75. The van der Waals surface area contributed by atoms with Crippen LogP contribution in [0.1, 0.15) is 49.2 Å². The van der Waals surface area contributed by atoms with Gasteiger partial charge in [-0.15, -0.1) is 11.3 Å². The van der Waals surface area contributed by atoms with Crippen molar-refractivity contribution < 1.29 is 4.79 Å². The summed E-state index contributed by atoms with van der Waals surface area (Å²) in [6.07, 6.45) is 4.64. The van der Waals surface area contributed by atoms with Gasteiger partial charge in [-0.05, 0) is 62.6 Å². The predicted octanol–water partition coefficient (Wildman–Crippen LogP) is 4.97. The van der Waals surface area contributed by atoms with Gasteiger partial charge in [0.2, 0.25) is 0 Å². The van der Waals surface area contributed by atoms with Gasteiger partial charge in [-0.2, -0.15) is 0 Å². The van der Waals surface area contributed by atoms with E-state index >= 15 is 0 Å². The Morgan fingerprint density at radius 3 is 2.78 bits per heavy atom. The van der Waals surface area contributed by atoms with Crippen LogP contribution in [0.2, 0.25) is 0 Å². The Hall–Kier alpha value is 0.130. The highest BCUT2D eigenvalue weighted by molar-refractivity contribution is 9.13. The first kappa shape index (κ1) is 14.5. The van der Waals surface area contributed by atoms with E-state index in [0.29, 0.717) is 11.5 Å². The van der Waals surface area contributed by atoms with Crippen LogP contribution in [-0.2, 0) is 0 Å². The summed E-state index contributed by atoms with van der Waals surface area (Å²) in [5.74, 6) is 0.0501. The van der Waals surface area contributed by atoms with E-state index < -0.39 is 0 Å². The minimum Gasteiger partial charge on any atom is -0.349 e. The number of hydrogen-bond acceptors (Lipinski definition) is 2. The average molecular weight is 395 g/mol. The number of hydrogen-bond donors (Lipinski definition) is 1. The van der Waals surface area contributed by atoms with Crippen LogP contribution >= 0.6 is 43.2 Å². The Labute approximate surface area is 129 Å². The third kappa shape index (κ3) is 3.58. The lowest BCUT2D eigenvalue weighted by molar-refractivity contribution is 0.0906. The van der Waals surface area contributed by atoms with Crippen LogP contribution in [0, 0.1) is 5.41 Å². The monoisotopic (exact) mass is 393 g/mol. The highest BCUT2D eigenvalue weighted by atomic mass is 79.9. The first-order valence-corrected chi connectivity index (χ1v) is 8.53. The number of amides is 1. The highest BCUT2D eigenvalue weighted by Gasteiger charge is 2.29. The highest BCUT2D eigenvalue weighted by Crippen LogP contribution is 2.36. The van der Waals surface area contributed by atoms with Gasteiger partial charge in [0.1, 0.15) is 0 Å². The number of nitrogens with one attached hydrogen (secondary N) is 1. The van der Waals surface area contributed by atoms with Crippen molar-refractivity contribution in [2.24, 2.45) is 5.41 Å². The van der Waals surface area contributed by atoms with Crippen molar-refractivity contribution in [2.45, 2.75) is 45.6 Å². The molecule has 18 heavy (non-hydrogen) atoms. The van der Waals surface area contributed by atoms with E-state index in [1.165, 1.54) is 24.2 Å². The second-order valence-electron chi connectivity index (χ2n) is 5.66. The Morgan fingerprint density at radius 2 is 2.22 bits per heavy atom. The standard InChI is InChI=1S/C13H17Br2NOS/c1-13(2)5-3-4-8(7-13)16-12(17)10-6-9(14)11(15)18-10/h6,8H,3-5,7H2,1-2H3,(H,16,17). The molecule has 5 heteroatoms. The van der Waals surface area contributed by atoms with Gasteiger partial charge in [0.05, 0.1) is 8.66 Å². The van der Waals surface area contributed by atoms with E-state index in [2.05, 4.69) is 51.0 Å². The first-order valence-electron chi connectivity index (χ1n) is 6.13. The molecule has 1 aromatic rings. The van der Waals surface area contributed by atoms with Gasteiger partial charge in [0, 0.05) is 10.5 Å². The molecule has 100 valence electrons. The zero-order chi connectivity index (χ0) is 13.3. The molecule has 1 unspecified atom stereocenters. The molecule has 1 aromatic heterocycles. The fourth-order valence-corrected chi connectivity index (χ4v) is 4.48. The zero-order valence-electron chi connectivity index (χ0n) is 10.6. The molecule has 2 rings (SSSR count). The Bertz CT molecular complexity index is 436. The Kier molecular flexibility index (Phi) is 4.55. The summed E-state index contributed by atoms with van der Waals surface area (Å²) in [5, 5.41) is 3.16. The summed E-state index contributed by atoms with van der Waals surface area (Å²) in [4.78, 5) is 12.9. The van der Waals surface area contributed by atoms with Gasteiger partial charge in [-0.3, -0.25) is 4.79 Å². The molecular formula is C13H17Br2NOS. The van der Waals surface area contributed by atoms with Crippen molar-refractivity contribution in [1.82, 2.24) is 5.32 Å². The molecule has 1 heterocycles. The summed E-state index contributed by atoms with van der Waals surface area (Å²) in [6.45, 7) is 4.56. The van der Waals surface area contributed by atoms with Crippen molar-refractivity contribution in [1.29, 1.82) is 0 Å². The number of carbonyl (C=O) groups is 1. The van der Waals surface area contributed by atoms with Gasteiger partial charge < -0.3 is 5.32 Å². The molecule has 0 aliphatic heterocycles. The van der Waals surface area contributed by atoms with E-state index in [1.54, 1.807) is 0 Å². The topological polar surface area (TPSA) is 29.1 Å². The summed E-state index contributed by atoms with van der Waals surface area (Å²) < 4.78 is 1.92. The molecule has 1 aliphatic carbocycles. The minimum atomic E-state index is 0.0501. The lowest BCUT2D eigenvalue weighted by Crippen LogP contribution is -2.40. The molecule has 1 aliphatic rings. The van der Waals surface area contributed by atoms with Crippen molar-refractivity contribution in [3.63, 3.8) is 0 Å². The van der Waals surface area contributed by atoms with Crippen LogP contribution in [0.15, 0.2) is 14.3 Å². The molecule has 1 N–H and O–H groups in total. The molecule has 0 radical (unpaired) electrons. The van der Waals surface area contributed by atoms with Gasteiger partial charge in [-0.1, -0.05) is 20.3 Å². The van der Waals surface area contributed by atoms with Crippen LogP contribution in [0.4, 0.5) is 0 Å². The summed E-state index contributed by atoms with van der Waals surface area (Å²) in [7, 11) is 0. The van der Waals surface area contributed by atoms with E-state index in [-0.39, 0.29) is 5.91 Å². The molecule has 0 saturated heterocycles. The van der Waals surface area contributed by atoms with Crippen LogP contribution < -0.4 is 5.32 Å². The maximum atomic E-state index is 12.1. The Balaban J connectivity index is 1.99. The quantitative estimate of drug-likeness (QED) is 0.753. The summed E-state index contributed by atoms with van der Waals surface area (Å²) in [5.41, 5.74) is 0.354. The second kappa shape index (κ2) is 5.63. The maximum Gasteiger partial charge on any atom is 0.261 e. The van der Waals surface area contributed by atoms with E-state index in [9.17, 15) is 4.79 Å².